The Morgan fingerprint density at radius 2 is 1.78 bits per heavy atom. The first-order chi connectivity index (χ1) is 16.9. The molecule has 1 aliphatic carbocycles. The zero-order valence-electron chi connectivity index (χ0n) is 19.8. The van der Waals surface area contributed by atoms with Gasteiger partial charge in [0.05, 0.1) is 18.3 Å². The molecule has 3 N–H and O–H groups in total. The number of hydrogen-bond donors (Lipinski definition) is 3. The van der Waals surface area contributed by atoms with Crippen LogP contribution in [0.4, 0.5) is 30.6 Å². The van der Waals surface area contributed by atoms with Gasteiger partial charge < -0.3 is 16.0 Å². The van der Waals surface area contributed by atoms with Gasteiger partial charge in [0.2, 0.25) is 21.9 Å². The Labute approximate surface area is 206 Å². The monoisotopic (exact) mass is 524 g/mol. The average molecular weight is 525 g/mol. The highest BCUT2D eigenvalue weighted by atomic mass is 32.2. The second-order valence-corrected chi connectivity index (χ2v) is 11.5. The SMILES string of the molecule is CC(=O)N[C@@H]1CCC[C@H]1Nc1nc(Nc2ccc3c(c2)C2CCC3N2S(C)(=O)=O)ncc1C(F)(F)F. The number of nitrogens with one attached hydrogen (secondary N) is 3. The Bertz CT molecular complexity index is 1300. The first-order valence-electron chi connectivity index (χ1n) is 11.8. The van der Waals surface area contributed by atoms with Crippen molar-refractivity contribution in [3.63, 3.8) is 0 Å². The molecule has 1 saturated heterocycles. The number of carbonyl (C=O) groups is 1. The Balaban J connectivity index is 1.41. The van der Waals surface area contributed by atoms with Crippen molar-refractivity contribution in [2.24, 2.45) is 0 Å². The van der Waals surface area contributed by atoms with Crippen LogP contribution in [0.2, 0.25) is 0 Å². The summed E-state index contributed by atoms with van der Waals surface area (Å²) in [5.74, 6) is -0.622. The van der Waals surface area contributed by atoms with Crippen LogP contribution in [0.15, 0.2) is 24.4 Å². The van der Waals surface area contributed by atoms with Gasteiger partial charge in [0.25, 0.3) is 0 Å². The third kappa shape index (κ3) is 4.61. The van der Waals surface area contributed by atoms with Crippen LogP contribution in [0, 0.1) is 0 Å². The van der Waals surface area contributed by atoms with E-state index in [1.165, 1.54) is 17.5 Å². The highest BCUT2D eigenvalue weighted by Gasteiger charge is 2.48. The summed E-state index contributed by atoms with van der Waals surface area (Å²) in [5, 5.41) is 8.64. The average Bonchev–Trinajstić information content (AvgIpc) is 3.47. The molecule has 2 fully saturated rings. The number of carbonyl (C=O) groups excluding carboxylic acids is 1. The van der Waals surface area contributed by atoms with Crippen molar-refractivity contribution >= 4 is 33.4 Å². The van der Waals surface area contributed by atoms with Gasteiger partial charge in [-0.05, 0) is 55.4 Å². The second kappa shape index (κ2) is 8.87. The summed E-state index contributed by atoms with van der Waals surface area (Å²) in [4.78, 5) is 19.5. The smallest absolute Gasteiger partial charge is 0.365 e. The van der Waals surface area contributed by atoms with Gasteiger partial charge in [0, 0.05) is 30.9 Å². The molecule has 0 spiro atoms. The molecule has 36 heavy (non-hydrogen) atoms. The molecule has 1 aromatic heterocycles. The molecule has 4 atom stereocenters. The van der Waals surface area contributed by atoms with E-state index >= 15 is 0 Å². The predicted octanol–water partition coefficient (Wildman–Crippen LogP) is 3.86. The normalized spacial score (nSPS) is 25.6. The zero-order chi connectivity index (χ0) is 25.8. The summed E-state index contributed by atoms with van der Waals surface area (Å²) < 4.78 is 67.2. The number of aromatic nitrogens is 2. The van der Waals surface area contributed by atoms with Crippen LogP contribution < -0.4 is 16.0 Å². The molecule has 1 aromatic carbocycles. The Hall–Kier alpha value is -2.93. The standard InChI is InChI=1S/C23H27F3N6O3S/c1-12(33)28-17-4-3-5-18(17)30-21-16(23(24,25)26)11-27-22(31-21)29-13-6-7-14-15(10-13)20-9-8-19(14)32(20)36(2,34)35/h6-7,10-11,17-20H,3-5,8-9H2,1-2H3,(H,28,33)(H2,27,29,30,31)/t17-,18-,19?,20?/m1/s1. The summed E-state index contributed by atoms with van der Waals surface area (Å²) in [6.45, 7) is 1.38. The molecule has 2 aliphatic heterocycles. The zero-order valence-corrected chi connectivity index (χ0v) is 20.6. The topological polar surface area (TPSA) is 116 Å². The third-order valence-electron chi connectivity index (χ3n) is 7.09. The molecule has 1 amide bonds. The van der Waals surface area contributed by atoms with Crippen molar-refractivity contribution in [1.29, 1.82) is 0 Å². The van der Waals surface area contributed by atoms with E-state index in [1.54, 1.807) is 6.07 Å². The van der Waals surface area contributed by atoms with E-state index in [1.807, 2.05) is 12.1 Å². The molecule has 5 rings (SSSR count). The summed E-state index contributed by atoms with van der Waals surface area (Å²) in [5.41, 5.74) is 1.40. The Kier molecular flexibility index (Phi) is 6.10. The molecule has 2 aromatic rings. The van der Waals surface area contributed by atoms with Gasteiger partial charge in [0.15, 0.2) is 0 Å². The van der Waals surface area contributed by atoms with E-state index in [2.05, 4.69) is 25.9 Å². The van der Waals surface area contributed by atoms with Crippen LogP contribution in [0.25, 0.3) is 0 Å². The quantitative estimate of drug-likeness (QED) is 0.526. The molecule has 2 unspecified atom stereocenters. The molecular weight excluding hydrogens is 497 g/mol. The first kappa shape index (κ1) is 24.8. The lowest BCUT2D eigenvalue weighted by Crippen LogP contribution is -2.42. The fourth-order valence-corrected chi connectivity index (χ4v) is 7.07. The highest BCUT2D eigenvalue weighted by Crippen LogP contribution is 2.54. The van der Waals surface area contributed by atoms with Crippen LogP contribution in [0.1, 0.15) is 67.8 Å². The summed E-state index contributed by atoms with van der Waals surface area (Å²) >= 11 is 0. The van der Waals surface area contributed by atoms with Gasteiger partial charge in [0.1, 0.15) is 11.4 Å². The van der Waals surface area contributed by atoms with E-state index in [-0.39, 0.29) is 35.8 Å². The number of alkyl halides is 3. The summed E-state index contributed by atoms with van der Waals surface area (Å²) in [7, 11) is -3.38. The maximum absolute atomic E-state index is 13.7. The number of amides is 1. The van der Waals surface area contributed by atoms with Crippen LogP contribution in [-0.4, -0.2) is 46.9 Å². The molecule has 1 saturated carbocycles. The largest absolute Gasteiger partial charge is 0.421 e. The third-order valence-corrected chi connectivity index (χ3v) is 8.37. The van der Waals surface area contributed by atoms with Crippen molar-refractivity contribution in [2.45, 2.75) is 69.4 Å². The number of rotatable bonds is 6. The van der Waals surface area contributed by atoms with E-state index in [9.17, 15) is 26.4 Å². The molecule has 3 heterocycles. The maximum Gasteiger partial charge on any atom is 0.421 e. The molecule has 3 aliphatic rings. The van der Waals surface area contributed by atoms with Crippen molar-refractivity contribution in [1.82, 2.24) is 19.6 Å². The van der Waals surface area contributed by atoms with Crippen LogP contribution in [0.5, 0.6) is 0 Å². The van der Waals surface area contributed by atoms with Gasteiger partial charge in [-0.3, -0.25) is 4.79 Å². The number of anilines is 3. The van der Waals surface area contributed by atoms with Gasteiger partial charge in [-0.1, -0.05) is 6.07 Å². The number of nitrogens with zero attached hydrogens (tertiary/aromatic N) is 3. The lowest BCUT2D eigenvalue weighted by molar-refractivity contribution is -0.137. The van der Waals surface area contributed by atoms with Gasteiger partial charge in [-0.25, -0.2) is 13.4 Å². The van der Waals surface area contributed by atoms with Crippen LogP contribution in [0.3, 0.4) is 0 Å². The van der Waals surface area contributed by atoms with E-state index in [0.717, 1.165) is 36.6 Å². The lowest BCUT2D eigenvalue weighted by Gasteiger charge is -2.24. The van der Waals surface area contributed by atoms with Gasteiger partial charge in [-0.15, -0.1) is 0 Å². The van der Waals surface area contributed by atoms with Crippen molar-refractivity contribution in [2.75, 3.05) is 16.9 Å². The molecule has 194 valence electrons. The lowest BCUT2D eigenvalue weighted by atomic mass is 9.91. The van der Waals surface area contributed by atoms with Crippen molar-refractivity contribution in [3.05, 3.63) is 41.1 Å². The summed E-state index contributed by atoms with van der Waals surface area (Å²) in [6.07, 6.45) is 0.781. The number of hydrogen-bond acceptors (Lipinski definition) is 7. The van der Waals surface area contributed by atoms with Crippen molar-refractivity contribution < 1.29 is 26.4 Å². The highest BCUT2D eigenvalue weighted by molar-refractivity contribution is 7.88. The number of fused-ring (bicyclic) bond motifs is 5. The molecule has 13 heteroatoms. The predicted molar refractivity (Wildman–Crippen MR) is 127 cm³/mol. The summed E-state index contributed by atoms with van der Waals surface area (Å²) in [6, 6.07) is 4.29. The van der Waals surface area contributed by atoms with Crippen molar-refractivity contribution in [3.8, 4) is 0 Å². The molecule has 2 bridgehead atoms. The minimum Gasteiger partial charge on any atom is -0.365 e. The second-order valence-electron chi connectivity index (χ2n) is 9.61. The Morgan fingerprint density at radius 3 is 2.44 bits per heavy atom. The molecule has 9 nitrogen and oxygen atoms in total. The minimum atomic E-state index is -4.66. The number of halogens is 3. The van der Waals surface area contributed by atoms with E-state index in [0.29, 0.717) is 18.5 Å². The number of benzene rings is 1. The molecule has 0 radical (unpaired) electrons. The van der Waals surface area contributed by atoms with Gasteiger partial charge >= 0.3 is 6.18 Å². The first-order valence-corrected chi connectivity index (χ1v) is 13.6. The minimum absolute atomic E-state index is 0.0253. The van der Waals surface area contributed by atoms with Crippen LogP contribution >= 0.6 is 0 Å². The molecular formula is C23H27F3N6O3S. The fraction of sp³-hybridized carbons (Fsp3) is 0.522. The Morgan fingerprint density at radius 1 is 1.08 bits per heavy atom. The number of sulfonamides is 1. The van der Waals surface area contributed by atoms with E-state index < -0.39 is 27.8 Å². The van der Waals surface area contributed by atoms with Crippen LogP contribution in [-0.2, 0) is 21.0 Å². The maximum atomic E-state index is 13.7. The van der Waals surface area contributed by atoms with E-state index in [4.69, 9.17) is 0 Å². The van der Waals surface area contributed by atoms with Gasteiger partial charge in [-0.2, -0.15) is 22.5 Å². The fourth-order valence-electron chi connectivity index (χ4n) is 5.71.